The van der Waals surface area contributed by atoms with Gasteiger partial charge in [-0.15, -0.1) is 0 Å². The van der Waals surface area contributed by atoms with Crippen LogP contribution in [0.5, 0.6) is 0 Å². The normalized spacial score (nSPS) is 40.0. The molecule has 0 unspecified atom stereocenters. The minimum Gasteiger partial charge on any atom is -0.479 e. The molecule has 7 nitrogen and oxygen atoms in total. The van der Waals surface area contributed by atoms with E-state index in [0.717, 1.165) is 69.8 Å². The van der Waals surface area contributed by atoms with E-state index in [-0.39, 0.29) is 45.1 Å². The summed E-state index contributed by atoms with van der Waals surface area (Å²) in [6, 6.07) is 10.0. The van der Waals surface area contributed by atoms with Crippen LogP contribution >= 0.6 is 0 Å². The molecular formula is C41H58O7. The topological polar surface area (TPSA) is 110 Å². The minimum atomic E-state index is -1.75. The summed E-state index contributed by atoms with van der Waals surface area (Å²) in [5.41, 5.74) is 2.02. The first kappa shape index (κ1) is 35.2. The van der Waals surface area contributed by atoms with Crippen LogP contribution < -0.4 is 0 Å². The van der Waals surface area contributed by atoms with Gasteiger partial charge in [0.05, 0.1) is 11.8 Å². The fourth-order valence-electron chi connectivity index (χ4n) is 12.1. The molecule has 4 saturated carbocycles. The maximum atomic E-state index is 14.3. The molecule has 264 valence electrons. The summed E-state index contributed by atoms with van der Waals surface area (Å²) in [5.74, 6) is -1.10. The quantitative estimate of drug-likeness (QED) is 0.223. The third kappa shape index (κ3) is 5.45. The number of carbonyl (C=O) groups excluding carboxylic acids is 2. The first-order valence-corrected chi connectivity index (χ1v) is 18.4. The van der Waals surface area contributed by atoms with Crippen LogP contribution in [-0.2, 0) is 30.5 Å². The van der Waals surface area contributed by atoms with Crippen molar-refractivity contribution in [3.8, 4) is 0 Å². The molecule has 0 radical (unpaired) electrons. The van der Waals surface area contributed by atoms with Crippen molar-refractivity contribution in [2.45, 2.75) is 138 Å². The maximum absolute atomic E-state index is 14.3. The van der Waals surface area contributed by atoms with Crippen LogP contribution in [0.2, 0.25) is 0 Å². The number of ether oxygens (including phenoxy) is 2. The SMILES string of the molecule is CC1(C)CC[C@]2(C(=O)OCc3ccccc3)CC[C@]3(C)C(=CC[C@@H]4[C@@]5(C)CC[C@H](OC(=O)C[C@H](O)C(=O)O)C(C)(C)[C@@H]5CC[C@]43C)[C@@H]2C1. The Balaban J connectivity index is 1.28. The van der Waals surface area contributed by atoms with Gasteiger partial charge in [-0.1, -0.05) is 90.4 Å². The second kappa shape index (κ2) is 12.0. The summed E-state index contributed by atoms with van der Waals surface area (Å²) in [4.78, 5) is 38.1. The monoisotopic (exact) mass is 662 g/mol. The Kier molecular flexibility index (Phi) is 8.78. The number of rotatable bonds is 7. The predicted molar refractivity (Wildman–Crippen MR) is 183 cm³/mol. The van der Waals surface area contributed by atoms with Gasteiger partial charge in [-0.05, 0) is 109 Å². The van der Waals surface area contributed by atoms with Crippen LogP contribution in [0.3, 0.4) is 0 Å². The van der Waals surface area contributed by atoms with E-state index >= 15 is 0 Å². The van der Waals surface area contributed by atoms with E-state index in [1.165, 1.54) is 5.57 Å². The summed E-state index contributed by atoms with van der Waals surface area (Å²) in [5, 5.41) is 18.8. The Morgan fingerprint density at radius 2 is 1.56 bits per heavy atom. The summed E-state index contributed by atoms with van der Waals surface area (Å²) in [6.45, 7) is 17.0. The number of hydrogen-bond acceptors (Lipinski definition) is 6. The third-order valence-corrected chi connectivity index (χ3v) is 15.1. The number of allylic oxidation sites excluding steroid dienone is 2. The van der Waals surface area contributed by atoms with E-state index < -0.39 is 29.9 Å². The molecule has 0 bridgehead atoms. The number of aliphatic hydroxyl groups excluding tert-OH is 1. The Hall–Kier alpha value is -2.67. The van der Waals surface area contributed by atoms with Crippen LogP contribution in [0, 0.1) is 50.2 Å². The van der Waals surface area contributed by atoms with E-state index in [9.17, 15) is 19.5 Å². The van der Waals surface area contributed by atoms with Gasteiger partial charge in [0.15, 0.2) is 6.10 Å². The molecule has 4 fully saturated rings. The van der Waals surface area contributed by atoms with Crippen LogP contribution in [-0.4, -0.2) is 40.3 Å². The van der Waals surface area contributed by atoms with Crippen molar-refractivity contribution in [1.82, 2.24) is 0 Å². The van der Waals surface area contributed by atoms with Crippen molar-refractivity contribution < 1.29 is 34.1 Å². The molecule has 5 aliphatic carbocycles. The first-order valence-electron chi connectivity index (χ1n) is 18.4. The van der Waals surface area contributed by atoms with E-state index in [1.54, 1.807) is 0 Å². The molecule has 0 aliphatic heterocycles. The first-order chi connectivity index (χ1) is 22.4. The van der Waals surface area contributed by atoms with Gasteiger partial charge in [-0.3, -0.25) is 9.59 Å². The molecule has 0 spiro atoms. The zero-order valence-electron chi connectivity index (χ0n) is 30.3. The largest absolute Gasteiger partial charge is 0.479 e. The molecular weight excluding hydrogens is 604 g/mol. The Bertz CT molecular complexity index is 1460. The lowest BCUT2D eigenvalue weighted by molar-refractivity contribution is -0.215. The summed E-state index contributed by atoms with van der Waals surface area (Å²) >= 11 is 0. The zero-order chi connectivity index (χ0) is 34.9. The Morgan fingerprint density at radius 1 is 0.875 bits per heavy atom. The molecule has 0 amide bonds. The fourth-order valence-corrected chi connectivity index (χ4v) is 12.1. The second-order valence-electron chi connectivity index (χ2n) is 18.3. The van der Waals surface area contributed by atoms with Crippen LogP contribution in [0.25, 0.3) is 0 Å². The number of benzene rings is 1. The van der Waals surface area contributed by atoms with Crippen LogP contribution in [0.1, 0.15) is 125 Å². The van der Waals surface area contributed by atoms with Crippen molar-refractivity contribution >= 4 is 17.9 Å². The second-order valence-corrected chi connectivity index (χ2v) is 18.3. The number of esters is 2. The highest BCUT2D eigenvalue weighted by atomic mass is 16.5. The fraction of sp³-hybridized carbons (Fsp3) is 0.732. The van der Waals surface area contributed by atoms with E-state index in [4.69, 9.17) is 14.6 Å². The summed E-state index contributed by atoms with van der Waals surface area (Å²) in [6.07, 6.45) is 9.50. The van der Waals surface area contributed by atoms with Crippen molar-refractivity contribution in [3.63, 3.8) is 0 Å². The number of carboxylic acids is 1. The lowest BCUT2D eigenvalue weighted by Crippen LogP contribution is -2.65. The maximum Gasteiger partial charge on any atom is 0.333 e. The number of aliphatic hydroxyl groups is 1. The smallest absolute Gasteiger partial charge is 0.333 e. The van der Waals surface area contributed by atoms with Gasteiger partial charge in [-0.25, -0.2) is 4.79 Å². The lowest BCUT2D eigenvalue weighted by atomic mass is 9.33. The Labute approximate surface area is 287 Å². The highest BCUT2D eigenvalue weighted by molar-refractivity contribution is 5.80. The van der Waals surface area contributed by atoms with Gasteiger partial charge in [0, 0.05) is 5.41 Å². The van der Waals surface area contributed by atoms with Crippen molar-refractivity contribution in [2.75, 3.05) is 0 Å². The van der Waals surface area contributed by atoms with E-state index in [0.29, 0.717) is 18.4 Å². The summed E-state index contributed by atoms with van der Waals surface area (Å²) in [7, 11) is 0. The molecule has 0 aromatic heterocycles. The predicted octanol–water partition coefficient (Wildman–Crippen LogP) is 8.28. The average Bonchev–Trinajstić information content (AvgIpc) is 3.01. The highest BCUT2D eigenvalue weighted by Gasteiger charge is 2.69. The van der Waals surface area contributed by atoms with Gasteiger partial charge >= 0.3 is 17.9 Å². The van der Waals surface area contributed by atoms with Crippen LogP contribution in [0.4, 0.5) is 0 Å². The molecule has 0 heterocycles. The van der Waals surface area contributed by atoms with Crippen LogP contribution in [0.15, 0.2) is 42.0 Å². The molecule has 7 heteroatoms. The van der Waals surface area contributed by atoms with Crippen molar-refractivity contribution in [1.29, 1.82) is 0 Å². The lowest BCUT2D eigenvalue weighted by Gasteiger charge is -2.71. The number of carbonyl (C=O) groups is 3. The standard InChI is InChI=1S/C41H58O7/c1-36(2)19-21-41(35(46)47-25-26-11-9-8-10-12-26)22-20-39(6)27(28(41)24-36)13-14-31-38(5)17-16-32(48-33(43)23-29(42)34(44)45)37(3,4)30(38)15-18-40(31,39)7/h8-13,28-32,42H,14-25H2,1-7H3,(H,44,45)/t28-,29-,30-,31+,32-,38-,39+,40+,41-/m0/s1. The van der Waals surface area contributed by atoms with E-state index in [2.05, 4.69) is 54.5 Å². The molecule has 6 rings (SSSR count). The molecule has 1 aromatic rings. The molecule has 48 heavy (non-hydrogen) atoms. The zero-order valence-corrected chi connectivity index (χ0v) is 30.3. The minimum absolute atomic E-state index is 0.0109. The third-order valence-electron chi connectivity index (χ3n) is 15.1. The van der Waals surface area contributed by atoms with Gasteiger partial charge in [0.25, 0.3) is 0 Å². The van der Waals surface area contributed by atoms with Gasteiger partial charge in [0.1, 0.15) is 12.7 Å². The number of carboxylic acid groups (broad SMARTS) is 1. The number of hydrogen-bond donors (Lipinski definition) is 2. The molecule has 5 aliphatic rings. The van der Waals surface area contributed by atoms with Crippen molar-refractivity contribution in [3.05, 3.63) is 47.5 Å². The van der Waals surface area contributed by atoms with E-state index in [1.807, 2.05) is 30.3 Å². The molecule has 2 N–H and O–H groups in total. The molecule has 0 saturated heterocycles. The van der Waals surface area contributed by atoms with Crippen molar-refractivity contribution in [2.24, 2.45) is 50.2 Å². The van der Waals surface area contributed by atoms with Gasteiger partial charge in [-0.2, -0.15) is 0 Å². The number of fused-ring (bicyclic) bond motifs is 7. The number of aliphatic carboxylic acids is 1. The highest BCUT2D eigenvalue weighted by Crippen LogP contribution is 2.76. The van der Waals surface area contributed by atoms with Gasteiger partial charge in [0.2, 0.25) is 0 Å². The average molecular weight is 663 g/mol. The molecule has 9 atom stereocenters. The summed E-state index contributed by atoms with van der Waals surface area (Å²) < 4.78 is 12.1. The Morgan fingerprint density at radius 3 is 2.25 bits per heavy atom. The molecule has 1 aromatic carbocycles. The van der Waals surface area contributed by atoms with Gasteiger partial charge < -0.3 is 19.7 Å².